The summed E-state index contributed by atoms with van der Waals surface area (Å²) in [5, 5.41) is 3.55. The van der Waals surface area contributed by atoms with E-state index in [1.165, 1.54) is 5.56 Å². The summed E-state index contributed by atoms with van der Waals surface area (Å²) in [4.78, 5) is 2.63. The number of piperazine rings is 1. The third kappa shape index (κ3) is 3.28. The minimum absolute atomic E-state index is 0.505. The van der Waals surface area contributed by atoms with Crippen LogP contribution < -0.4 is 10.1 Å². The van der Waals surface area contributed by atoms with Crippen LogP contribution in [0, 0.1) is 0 Å². The second-order valence-corrected chi connectivity index (χ2v) is 5.55. The molecule has 3 nitrogen and oxygen atoms in total. The molecule has 0 aromatic heterocycles. The lowest BCUT2D eigenvalue weighted by atomic mass is 9.98. The van der Waals surface area contributed by atoms with Crippen LogP contribution in [-0.2, 0) is 0 Å². The number of nitrogens with one attached hydrogen (secondary N) is 1. The maximum atomic E-state index is 5.24. The molecule has 3 atom stereocenters. The highest BCUT2D eigenvalue weighted by molar-refractivity contribution is 5.29. The molecule has 0 radical (unpaired) electrons. The summed E-state index contributed by atoms with van der Waals surface area (Å²) in [6.45, 7) is 9.04. The highest BCUT2D eigenvalue weighted by atomic mass is 16.5. The van der Waals surface area contributed by atoms with Gasteiger partial charge in [0.2, 0.25) is 0 Å². The summed E-state index contributed by atoms with van der Waals surface area (Å²) < 4.78 is 5.24. The second-order valence-electron chi connectivity index (χ2n) is 5.55. The van der Waals surface area contributed by atoms with Crippen molar-refractivity contribution in [3.63, 3.8) is 0 Å². The maximum Gasteiger partial charge on any atom is 0.118 e. The van der Waals surface area contributed by atoms with Gasteiger partial charge in [-0.1, -0.05) is 19.1 Å². The van der Waals surface area contributed by atoms with Gasteiger partial charge in [0.1, 0.15) is 5.75 Å². The Bertz CT molecular complexity index is 390. The molecule has 0 bridgehead atoms. The van der Waals surface area contributed by atoms with E-state index in [4.69, 9.17) is 4.74 Å². The van der Waals surface area contributed by atoms with Gasteiger partial charge >= 0.3 is 0 Å². The summed E-state index contributed by atoms with van der Waals surface area (Å²) in [5.74, 6) is 0.931. The van der Waals surface area contributed by atoms with E-state index in [0.29, 0.717) is 18.1 Å². The SMILES string of the molecule is CCC(c1ccc(OC)cc1)N1CC(C)NCC1C. The Kier molecular flexibility index (Phi) is 4.83. The van der Waals surface area contributed by atoms with Gasteiger partial charge in [-0.3, -0.25) is 4.90 Å². The zero-order valence-electron chi connectivity index (χ0n) is 12.5. The molecular weight excluding hydrogens is 236 g/mol. The summed E-state index contributed by atoms with van der Waals surface area (Å²) >= 11 is 0. The molecular formula is C16H26N2O. The number of hydrogen-bond acceptors (Lipinski definition) is 3. The Morgan fingerprint density at radius 1 is 1.32 bits per heavy atom. The van der Waals surface area contributed by atoms with Gasteiger partial charge in [0.15, 0.2) is 0 Å². The van der Waals surface area contributed by atoms with Crippen molar-refractivity contribution in [2.24, 2.45) is 0 Å². The van der Waals surface area contributed by atoms with E-state index in [-0.39, 0.29) is 0 Å². The van der Waals surface area contributed by atoms with Gasteiger partial charge in [-0.05, 0) is 38.0 Å². The minimum atomic E-state index is 0.505. The van der Waals surface area contributed by atoms with Crippen molar-refractivity contribution in [1.29, 1.82) is 0 Å². The lowest BCUT2D eigenvalue weighted by Crippen LogP contribution is -2.55. The van der Waals surface area contributed by atoms with Crippen molar-refractivity contribution < 1.29 is 4.74 Å². The minimum Gasteiger partial charge on any atom is -0.497 e. The van der Waals surface area contributed by atoms with Gasteiger partial charge in [-0.2, -0.15) is 0 Å². The first-order chi connectivity index (χ1) is 9.15. The molecule has 0 aliphatic carbocycles. The van der Waals surface area contributed by atoms with Crippen LogP contribution in [0.2, 0.25) is 0 Å². The molecule has 0 amide bonds. The Balaban J connectivity index is 2.17. The zero-order valence-corrected chi connectivity index (χ0v) is 12.5. The summed E-state index contributed by atoms with van der Waals surface area (Å²) in [6.07, 6.45) is 1.14. The average molecular weight is 262 g/mol. The fraction of sp³-hybridized carbons (Fsp3) is 0.625. The van der Waals surface area contributed by atoms with Crippen LogP contribution in [0.1, 0.15) is 38.8 Å². The number of hydrogen-bond donors (Lipinski definition) is 1. The van der Waals surface area contributed by atoms with Crippen molar-refractivity contribution in [1.82, 2.24) is 10.2 Å². The first kappa shape index (κ1) is 14.4. The molecule has 1 saturated heterocycles. The zero-order chi connectivity index (χ0) is 13.8. The Morgan fingerprint density at radius 2 is 2.00 bits per heavy atom. The van der Waals surface area contributed by atoms with E-state index in [9.17, 15) is 0 Å². The fourth-order valence-electron chi connectivity index (χ4n) is 2.97. The molecule has 1 aromatic carbocycles. The monoisotopic (exact) mass is 262 g/mol. The molecule has 1 fully saturated rings. The van der Waals surface area contributed by atoms with Crippen LogP contribution in [0.15, 0.2) is 24.3 Å². The predicted octanol–water partition coefficient (Wildman–Crippen LogP) is 2.83. The van der Waals surface area contributed by atoms with Crippen molar-refractivity contribution in [3.05, 3.63) is 29.8 Å². The van der Waals surface area contributed by atoms with E-state index in [0.717, 1.165) is 25.3 Å². The summed E-state index contributed by atoms with van der Waals surface area (Å²) in [6, 6.07) is 10.2. The van der Waals surface area contributed by atoms with Crippen LogP contribution in [0.5, 0.6) is 5.75 Å². The Morgan fingerprint density at radius 3 is 2.58 bits per heavy atom. The molecule has 19 heavy (non-hydrogen) atoms. The van der Waals surface area contributed by atoms with Crippen molar-refractivity contribution in [3.8, 4) is 5.75 Å². The van der Waals surface area contributed by atoms with Gasteiger partial charge in [0.05, 0.1) is 7.11 Å². The average Bonchev–Trinajstić information content (AvgIpc) is 2.44. The molecule has 1 aliphatic heterocycles. The van der Waals surface area contributed by atoms with E-state index >= 15 is 0 Å². The molecule has 3 unspecified atom stereocenters. The highest BCUT2D eigenvalue weighted by Gasteiger charge is 2.28. The fourth-order valence-corrected chi connectivity index (χ4v) is 2.97. The van der Waals surface area contributed by atoms with Crippen LogP contribution in [0.25, 0.3) is 0 Å². The van der Waals surface area contributed by atoms with Crippen molar-refractivity contribution in [2.45, 2.75) is 45.3 Å². The normalized spacial score (nSPS) is 26.1. The van der Waals surface area contributed by atoms with E-state index in [2.05, 4.69) is 55.3 Å². The van der Waals surface area contributed by atoms with Gasteiger partial charge < -0.3 is 10.1 Å². The van der Waals surface area contributed by atoms with Crippen LogP contribution >= 0.6 is 0 Å². The molecule has 1 aromatic rings. The van der Waals surface area contributed by atoms with E-state index in [1.54, 1.807) is 7.11 Å². The van der Waals surface area contributed by atoms with Gasteiger partial charge in [-0.15, -0.1) is 0 Å². The summed E-state index contributed by atoms with van der Waals surface area (Å²) in [5.41, 5.74) is 1.39. The Labute approximate surface area is 116 Å². The third-order valence-corrected chi connectivity index (χ3v) is 4.10. The molecule has 0 saturated carbocycles. The van der Waals surface area contributed by atoms with Crippen LogP contribution in [0.4, 0.5) is 0 Å². The number of nitrogens with zero attached hydrogens (tertiary/aromatic N) is 1. The van der Waals surface area contributed by atoms with Gasteiger partial charge in [-0.25, -0.2) is 0 Å². The molecule has 1 heterocycles. The number of ether oxygens (including phenoxy) is 1. The van der Waals surface area contributed by atoms with Crippen molar-refractivity contribution >= 4 is 0 Å². The lowest BCUT2D eigenvalue weighted by molar-refractivity contribution is 0.0921. The second kappa shape index (κ2) is 6.40. The predicted molar refractivity (Wildman–Crippen MR) is 79.7 cm³/mol. The van der Waals surface area contributed by atoms with E-state index < -0.39 is 0 Å². The molecule has 0 spiro atoms. The number of rotatable bonds is 4. The largest absolute Gasteiger partial charge is 0.497 e. The molecule has 1 N–H and O–H groups in total. The topological polar surface area (TPSA) is 24.5 Å². The first-order valence-corrected chi connectivity index (χ1v) is 7.28. The molecule has 106 valence electrons. The van der Waals surface area contributed by atoms with E-state index in [1.807, 2.05) is 0 Å². The highest BCUT2D eigenvalue weighted by Crippen LogP contribution is 2.29. The third-order valence-electron chi connectivity index (χ3n) is 4.10. The van der Waals surface area contributed by atoms with Crippen molar-refractivity contribution in [2.75, 3.05) is 20.2 Å². The summed E-state index contributed by atoms with van der Waals surface area (Å²) in [7, 11) is 1.71. The Hall–Kier alpha value is -1.06. The maximum absolute atomic E-state index is 5.24. The van der Waals surface area contributed by atoms with Crippen LogP contribution in [0.3, 0.4) is 0 Å². The van der Waals surface area contributed by atoms with Crippen LogP contribution in [-0.4, -0.2) is 37.2 Å². The first-order valence-electron chi connectivity index (χ1n) is 7.28. The molecule has 1 aliphatic rings. The number of benzene rings is 1. The molecule has 2 rings (SSSR count). The standard InChI is InChI=1S/C16H26N2O/c1-5-16(14-6-8-15(19-4)9-7-14)18-11-12(2)17-10-13(18)3/h6-9,12-13,16-17H,5,10-11H2,1-4H3. The lowest BCUT2D eigenvalue weighted by Gasteiger charge is -2.42. The molecule has 3 heteroatoms. The van der Waals surface area contributed by atoms with Gasteiger partial charge in [0.25, 0.3) is 0 Å². The smallest absolute Gasteiger partial charge is 0.118 e. The van der Waals surface area contributed by atoms with Gasteiger partial charge in [0, 0.05) is 31.2 Å². The quantitative estimate of drug-likeness (QED) is 0.903. The number of methoxy groups -OCH3 is 1.